The first-order valence-corrected chi connectivity index (χ1v) is 1.31. The number of rotatable bonds is 2. The van der Waals surface area contributed by atoms with Crippen LogP contribution in [0.2, 0.25) is 0 Å². The largest absolute Gasteiger partial charge is 0.245 e. The Morgan fingerprint density at radius 3 is 2.40 bits per heavy atom. The smallest absolute Gasteiger partial charge is 0.220 e. The van der Waals surface area contributed by atoms with Gasteiger partial charge in [-0.3, -0.25) is 0 Å². The van der Waals surface area contributed by atoms with Crippen LogP contribution < -0.4 is 0 Å². The first-order chi connectivity index (χ1) is 2.41. The molecule has 5 heavy (non-hydrogen) atoms. The van der Waals surface area contributed by atoms with Gasteiger partial charge in [-0.2, -0.15) is 0 Å². The van der Waals surface area contributed by atoms with Crippen LogP contribution in [-0.2, 0) is 9.37 Å². The Balaban J connectivity index is 2.19. The first-order valence-electron chi connectivity index (χ1n) is 0.670. The molecule has 0 rings (SSSR count). The molecule has 0 unspecified atom stereocenters. The predicted molar refractivity (Wildman–Crippen MR) is 13.5 cm³/mol. The van der Waals surface area contributed by atoms with Crippen LogP contribution in [0.25, 0.3) is 0 Å². The summed E-state index contributed by atoms with van der Waals surface area (Å²) in [5, 5.41) is 9.86. The summed E-state index contributed by atoms with van der Waals surface area (Å²) < 4.78 is 13.5. The molecule has 0 aromatic heterocycles. The molecule has 3 nitrogen and oxygen atoms in total. The normalized spacial score (nSPS) is 8.40. The summed E-state index contributed by atoms with van der Waals surface area (Å²) in [6, 6.07) is 0. The van der Waals surface area contributed by atoms with E-state index in [0.717, 1.165) is 0 Å². The van der Waals surface area contributed by atoms with Crippen molar-refractivity contribution >= 4 is 12.4 Å². The van der Waals surface area contributed by atoms with Crippen molar-refractivity contribution < 1.29 is 18.5 Å². The maximum Gasteiger partial charge on any atom is 0.245 e. The van der Waals surface area contributed by atoms with Gasteiger partial charge in [0.2, 0.25) is 12.4 Å². The minimum atomic E-state index is -0.571. The van der Waals surface area contributed by atoms with Gasteiger partial charge in [0.15, 0.2) is 0 Å². The van der Waals surface area contributed by atoms with Crippen molar-refractivity contribution in [2.45, 2.75) is 0 Å². The van der Waals surface area contributed by atoms with Crippen LogP contribution in [0.4, 0.5) is 3.89 Å². The highest BCUT2D eigenvalue weighted by atomic mass is 32.2. The van der Waals surface area contributed by atoms with E-state index in [1.165, 1.54) is 0 Å². The van der Waals surface area contributed by atoms with E-state index < -0.39 is 12.4 Å². The van der Waals surface area contributed by atoms with Crippen molar-refractivity contribution in [3.05, 3.63) is 0 Å². The lowest BCUT2D eigenvalue weighted by Crippen LogP contribution is -1.69. The van der Waals surface area contributed by atoms with Crippen molar-refractivity contribution in [2.75, 3.05) is 0 Å². The van der Waals surface area contributed by atoms with E-state index in [9.17, 15) is 3.89 Å². The zero-order valence-corrected chi connectivity index (χ0v) is 2.87. The Hall–Kier alpha value is 0.160. The van der Waals surface area contributed by atoms with Gasteiger partial charge >= 0.3 is 0 Å². The van der Waals surface area contributed by atoms with Crippen molar-refractivity contribution in [3.8, 4) is 0 Å². The summed E-state index contributed by atoms with van der Waals surface area (Å²) in [5.41, 5.74) is 0. The summed E-state index contributed by atoms with van der Waals surface area (Å²) in [5.74, 6) is 0. The van der Waals surface area contributed by atoms with Gasteiger partial charge in [-0.25, -0.2) is 5.26 Å². The zero-order chi connectivity index (χ0) is 4.12. The second-order valence-corrected chi connectivity index (χ2v) is 0.468. The van der Waals surface area contributed by atoms with E-state index in [1.807, 2.05) is 0 Å². The summed E-state index contributed by atoms with van der Waals surface area (Å²) in [6.45, 7) is 0. The average Bonchev–Trinajstić information content (AvgIpc) is 1.41. The fourth-order valence-corrected chi connectivity index (χ4v) is 0.0345. The van der Waals surface area contributed by atoms with E-state index in [2.05, 4.69) is 9.37 Å². The van der Waals surface area contributed by atoms with Gasteiger partial charge in [0.05, 0.1) is 0 Å². The highest BCUT2D eigenvalue weighted by molar-refractivity contribution is 7.89. The molecule has 0 bridgehead atoms. The van der Waals surface area contributed by atoms with Crippen LogP contribution >= 0.6 is 12.4 Å². The Morgan fingerprint density at radius 2 is 2.40 bits per heavy atom. The molecule has 0 aliphatic carbocycles. The summed E-state index contributed by atoms with van der Waals surface area (Å²) in [4.78, 5) is 0. The third kappa shape index (κ3) is 4.16. The van der Waals surface area contributed by atoms with Crippen molar-refractivity contribution in [1.29, 1.82) is 0 Å². The van der Waals surface area contributed by atoms with Crippen LogP contribution in [-0.4, -0.2) is 5.26 Å². The zero-order valence-electron chi connectivity index (χ0n) is 2.05. The maximum absolute atomic E-state index is 10.4. The van der Waals surface area contributed by atoms with Gasteiger partial charge in [-0.05, 0) is 0 Å². The average molecular weight is 100 g/mol. The van der Waals surface area contributed by atoms with Crippen LogP contribution in [0, 0.1) is 0 Å². The first kappa shape index (κ1) is 5.16. The van der Waals surface area contributed by atoms with E-state index in [0.29, 0.717) is 0 Å². The Morgan fingerprint density at radius 1 is 1.80 bits per heavy atom. The monoisotopic (exact) mass is 100.0 g/mol. The van der Waals surface area contributed by atoms with Crippen molar-refractivity contribution in [3.63, 3.8) is 0 Å². The van der Waals surface area contributed by atoms with Crippen LogP contribution in [0.15, 0.2) is 0 Å². The molecule has 1 N–H and O–H groups in total. The standard InChI is InChI=1S/FHO3S/c1-5-4-3-2/h2H. The fraction of sp³-hybridized carbons (Fsp3) is 0. The SMILES string of the molecule is OOOSF. The minimum Gasteiger partial charge on any atom is -0.220 e. The second-order valence-electron chi connectivity index (χ2n) is 0.206. The van der Waals surface area contributed by atoms with E-state index in [-0.39, 0.29) is 0 Å². The Labute approximate surface area is 32.0 Å². The molecule has 0 atom stereocenters. The fourth-order valence-electron chi connectivity index (χ4n) is 0.0115. The molecule has 0 aromatic rings. The molecule has 5 heteroatoms. The molecule has 0 fully saturated rings. The van der Waals surface area contributed by atoms with Gasteiger partial charge in [0.1, 0.15) is 0 Å². The van der Waals surface area contributed by atoms with Gasteiger partial charge in [-0.15, -0.1) is 3.89 Å². The molecule has 0 saturated carbocycles. The Bertz CT molecular complexity index is 14.4. The molecule has 32 valence electrons. The molecular weight excluding hydrogens is 99.1 g/mol. The summed E-state index contributed by atoms with van der Waals surface area (Å²) in [6.07, 6.45) is 0. The van der Waals surface area contributed by atoms with Gasteiger partial charge in [0, 0.05) is 0 Å². The van der Waals surface area contributed by atoms with Crippen molar-refractivity contribution in [1.82, 2.24) is 0 Å². The summed E-state index contributed by atoms with van der Waals surface area (Å²) in [7, 11) is 0. The Kier molecular flexibility index (Phi) is 4.29. The maximum atomic E-state index is 10.4. The minimum absolute atomic E-state index is 0.571. The molecule has 0 aliphatic heterocycles. The number of halogens is 1. The predicted octanol–water partition coefficient (Wildman–Crippen LogP) is 0.940. The molecule has 0 aromatic carbocycles. The third-order valence-electron chi connectivity index (χ3n) is 0.0561. The van der Waals surface area contributed by atoms with E-state index in [1.54, 1.807) is 0 Å². The molecule has 0 amide bonds. The highest BCUT2D eigenvalue weighted by Crippen LogP contribution is 1.99. The lowest BCUT2D eigenvalue weighted by atomic mass is 14.6. The highest BCUT2D eigenvalue weighted by Gasteiger charge is 1.74. The van der Waals surface area contributed by atoms with Gasteiger partial charge < -0.3 is 0 Å². The number of hydrogen-bond acceptors (Lipinski definition) is 4. The molecule has 0 saturated heterocycles. The van der Waals surface area contributed by atoms with E-state index in [4.69, 9.17) is 5.26 Å². The van der Waals surface area contributed by atoms with Crippen LogP contribution in [0.5, 0.6) is 0 Å². The molecule has 0 spiro atoms. The van der Waals surface area contributed by atoms with Crippen LogP contribution in [0.1, 0.15) is 0 Å². The van der Waals surface area contributed by atoms with Crippen molar-refractivity contribution in [2.24, 2.45) is 0 Å². The van der Waals surface area contributed by atoms with Crippen LogP contribution in [0.3, 0.4) is 0 Å². The molecule has 0 heterocycles. The second kappa shape index (κ2) is 4.16. The lowest BCUT2D eigenvalue weighted by molar-refractivity contribution is -0.433. The lowest BCUT2D eigenvalue weighted by Gasteiger charge is -1.76. The molecule has 0 aliphatic rings. The quantitative estimate of drug-likeness (QED) is 0.318. The summed E-state index contributed by atoms with van der Waals surface area (Å²) >= 11 is -0.571. The van der Waals surface area contributed by atoms with E-state index >= 15 is 0 Å². The van der Waals surface area contributed by atoms with Gasteiger partial charge in [0.25, 0.3) is 0 Å². The molecule has 0 radical (unpaired) electrons. The topological polar surface area (TPSA) is 38.7 Å². The third-order valence-corrected chi connectivity index (χ3v) is 0.168. The number of hydrogen-bond donors (Lipinski definition) is 1. The molecular formula is HFO3S. The van der Waals surface area contributed by atoms with Gasteiger partial charge in [-0.1, -0.05) is 9.37 Å².